The van der Waals surface area contributed by atoms with E-state index in [4.69, 9.17) is 0 Å². The van der Waals surface area contributed by atoms with Crippen molar-refractivity contribution in [1.82, 2.24) is 0 Å². The lowest BCUT2D eigenvalue weighted by atomic mass is 8.90. The lowest BCUT2D eigenvalue weighted by Crippen LogP contribution is -3.11. The van der Waals surface area contributed by atoms with Crippen LogP contribution in [0.5, 0.6) is 0 Å². The number of hydrogen-bond acceptors (Lipinski definition) is 0. The van der Waals surface area contributed by atoms with Crippen molar-refractivity contribution in [3.63, 3.8) is 0 Å². The zero-order chi connectivity index (χ0) is 57.0. The summed E-state index contributed by atoms with van der Waals surface area (Å²) < 4.78 is 0. The summed E-state index contributed by atoms with van der Waals surface area (Å²) in [5.41, 5.74) is 8.06. The topological polar surface area (TPSA) is 0 Å². The number of rotatable bonds is 10. The molecule has 0 saturated heterocycles. The van der Waals surface area contributed by atoms with E-state index in [-0.39, 0.29) is 0 Å². The van der Waals surface area contributed by atoms with Gasteiger partial charge in [0.05, 0.1) is 0 Å². The Morgan fingerprint density at radius 1 is 0.189 bits per heavy atom. The van der Waals surface area contributed by atoms with Crippen LogP contribution in [-0.4, -0.2) is 0 Å². The van der Waals surface area contributed by atoms with E-state index in [0.717, 1.165) is 113 Å². The Bertz CT molecular complexity index is 1480. The molecule has 0 amide bonds. The number of fused-ring (bicyclic) bond motifs is 6. The minimum atomic E-state index is 0.747. The molecule has 74 heavy (non-hydrogen) atoms. The second-order valence-electron chi connectivity index (χ2n) is 31.7. The Labute approximate surface area is 469 Å². The van der Waals surface area contributed by atoms with Crippen molar-refractivity contribution in [3.8, 4) is 0 Å². The molecule has 0 unspecified atom stereocenters. The summed E-state index contributed by atoms with van der Waals surface area (Å²) in [6.07, 6.45) is 27.4. The molecule has 0 aromatic rings. The summed E-state index contributed by atoms with van der Waals surface area (Å²) >= 11 is 0. The largest absolute Gasteiger partial charge is 0.0683 e. The van der Waals surface area contributed by atoms with Gasteiger partial charge in [-0.3, -0.25) is 0 Å². The van der Waals surface area contributed by atoms with Crippen molar-refractivity contribution < 1.29 is 0 Å². The Balaban J connectivity index is 0.000000192. The highest BCUT2D eigenvalue weighted by atomic mass is 15.1. The van der Waals surface area contributed by atoms with Crippen LogP contribution >= 0.6 is 0 Å². The fourth-order valence-corrected chi connectivity index (χ4v) is 22.6. The van der Waals surface area contributed by atoms with Crippen LogP contribution < -0.4 is 0 Å². The fourth-order valence-electron chi connectivity index (χ4n) is 22.6. The lowest BCUT2D eigenvalue weighted by Gasteiger charge is -3.13. The molecule has 0 heteroatoms. The maximum absolute atomic E-state index is 2.49. The predicted octanol–water partition coefficient (Wildman–Crippen LogP) is 24.4. The van der Waals surface area contributed by atoms with Gasteiger partial charge in [0.25, 0.3) is 0 Å². The first kappa shape index (κ1) is 66.5. The molecule has 0 spiro atoms. The molecule has 18 aliphatic rings. The van der Waals surface area contributed by atoms with Crippen LogP contribution in [-0.2, 0) is 0 Å². The molecule has 18 fully saturated rings. The van der Waals surface area contributed by atoms with E-state index in [9.17, 15) is 0 Å². The Morgan fingerprint density at radius 2 is 0.338 bits per heavy atom. The van der Waals surface area contributed by atoms with Gasteiger partial charge in [-0.15, -0.1) is 0 Å². The van der Waals surface area contributed by atoms with Crippen LogP contribution in [0.3, 0.4) is 0 Å². The first-order valence-electron chi connectivity index (χ1n) is 34.7. The van der Waals surface area contributed by atoms with Crippen molar-refractivity contribution in [1.29, 1.82) is 0 Å². The highest BCUT2D eigenvalue weighted by Crippen LogP contribution is 3.12. The molecule has 18 saturated carbocycles. The van der Waals surface area contributed by atoms with E-state index >= 15 is 0 Å². The average Bonchev–Trinajstić information content (AvgIpc) is 3.95. The van der Waals surface area contributed by atoms with Gasteiger partial charge in [0, 0.05) is 0 Å². The summed E-state index contributed by atoms with van der Waals surface area (Å²) in [6, 6.07) is 0. The summed E-state index contributed by atoms with van der Waals surface area (Å²) in [7, 11) is 0. The minimum Gasteiger partial charge on any atom is -0.0683 e. The average molecular weight is 1030 g/mol. The van der Waals surface area contributed by atoms with Crippen LogP contribution in [0.4, 0.5) is 0 Å². The molecule has 18 rings (SSSR count). The summed E-state index contributed by atoms with van der Waals surface area (Å²) in [6.45, 7) is 68.6. The normalized spacial score (nSPS) is 45.4. The number of hydrogen-bond donors (Lipinski definition) is 0. The third-order valence-corrected chi connectivity index (χ3v) is 28.3. The van der Waals surface area contributed by atoms with Gasteiger partial charge in [0.15, 0.2) is 0 Å². The van der Waals surface area contributed by atoms with Crippen molar-refractivity contribution >= 4 is 0 Å². The maximum atomic E-state index is 2.49. The van der Waals surface area contributed by atoms with Crippen molar-refractivity contribution in [2.75, 3.05) is 0 Å². The third-order valence-electron chi connectivity index (χ3n) is 28.3. The zero-order valence-electron chi connectivity index (χ0n) is 57.0. The van der Waals surface area contributed by atoms with Crippen molar-refractivity contribution in [3.05, 3.63) is 0 Å². The lowest BCUT2D eigenvalue weighted by molar-refractivity contribution is -0.674. The van der Waals surface area contributed by atoms with Crippen LogP contribution in [0.2, 0.25) is 0 Å². The van der Waals surface area contributed by atoms with Gasteiger partial charge in [-0.1, -0.05) is 214 Å². The van der Waals surface area contributed by atoms with Gasteiger partial charge < -0.3 is 0 Å². The predicted molar refractivity (Wildman–Crippen MR) is 333 cm³/mol. The fraction of sp³-hybridized carbons (Fsp3) is 1.00. The smallest absolute Gasteiger partial charge is 0.0172 e. The van der Waals surface area contributed by atoms with Gasteiger partial charge in [-0.05, 0) is 258 Å². The van der Waals surface area contributed by atoms with Crippen molar-refractivity contribution in [2.24, 2.45) is 149 Å². The van der Waals surface area contributed by atoms with E-state index in [0.29, 0.717) is 0 Å². The van der Waals surface area contributed by atoms with E-state index in [1.165, 1.54) is 151 Å². The summed E-state index contributed by atoms with van der Waals surface area (Å²) in [5, 5.41) is 0. The standard InChI is InChI=1S/C14H20.C14H26.C13H24.C12H22.C11H20.5C2H6/c1-5(2)13-7-10-8(13)12-9(13)11(7)14(10,12)6(3)4;1-11(2)13-5-8-14(9-6-13,10-7-13)12(3)4;1-10(2)12-6-5-7-13(8-12,9-12)11(3)4;1-9(2)11-5-6-12(7-11,8-11)10(3)4;1-8(2)10-5-11(6-10,7-10)9(3)4;5*1-2/h5-12H,1-4H3;11-12H,5-10H2,1-4H3;10-11H,5-9H2,1-4H3;9-10H,5-8H2,1-4H3;8-9H,5-7H2,1-4H3;5*1-2H3. The Hall–Kier alpha value is 0. The molecule has 0 aliphatic heterocycles. The van der Waals surface area contributed by atoms with Crippen LogP contribution in [0.1, 0.15) is 323 Å². The van der Waals surface area contributed by atoms with E-state index < -0.39 is 0 Å². The third kappa shape index (κ3) is 9.26. The molecule has 0 nitrogen and oxygen atoms in total. The van der Waals surface area contributed by atoms with E-state index in [1.807, 2.05) is 69.2 Å². The molecule has 0 radical (unpaired) electrons. The molecule has 0 heterocycles. The second-order valence-corrected chi connectivity index (χ2v) is 31.7. The van der Waals surface area contributed by atoms with Gasteiger partial charge in [-0.2, -0.15) is 0 Å². The van der Waals surface area contributed by atoms with Gasteiger partial charge in [-0.25, -0.2) is 0 Å². The highest BCUT2D eigenvalue weighted by Gasteiger charge is 3.09. The molecule has 18 aliphatic carbocycles. The Kier molecular flexibility index (Phi) is 21.4. The maximum Gasteiger partial charge on any atom is -0.0172 e. The first-order chi connectivity index (χ1) is 34.7. The summed E-state index contributed by atoms with van der Waals surface area (Å²) in [5.74, 6) is 16.7. The molecule has 438 valence electrons. The Morgan fingerprint density at radius 3 is 0.486 bits per heavy atom. The van der Waals surface area contributed by atoms with Crippen LogP contribution in [0.25, 0.3) is 0 Å². The molecule has 0 aromatic heterocycles. The quantitative estimate of drug-likeness (QED) is 0.205. The summed E-state index contributed by atoms with van der Waals surface area (Å²) in [4.78, 5) is 0. The van der Waals surface area contributed by atoms with Gasteiger partial charge in [0.1, 0.15) is 0 Å². The van der Waals surface area contributed by atoms with Gasteiger partial charge >= 0.3 is 0 Å². The molecular weight excluding hydrogens is 889 g/mol. The van der Waals surface area contributed by atoms with Crippen LogP contribution in [0, 0.1) is 149 Å². The van der Waals surface area contributed by atoms with E-state index in [2.05, 4.69) is 138 Å². The van der Waals surface area contributed by atoms with E-state index in [1.54, 1.807) is 0 Å². The van der Waals surface area contributed by atoms with Gasteiger partial charge in [0.2, 0.25) is 0 Å². The van der Waals surface area contributed by atoms with Crippen LogP contribution in [0.15, 0.2) is 0 Å². The monoisotopic (exact) mass is 1030 g/mol. The first-order valence-corrected chi connectivity index (χ1v) is 34.7. The highest BCUT2D eigenvalue weighted by molar-refractivity contribution is 5.55. The SMILES string of the molecule is CC.CC.CC.CC.CC.CC(C)C12C3C4C1C1C2C3C41C(C)C.CC(C)C12CC(C(C)C)(C1)C2.CC(C)C12CCC(C(C)C)(C1)C2.CC(C)C12CCC(C(C)C)(CC1)CC2.CC(C)C12CCCC(C(C)C)(C1)C2. The molecule has 0 aromatic carbocycles. The second kappa shape index (κ2) is 23.8. The molecular formula is C74H142. The molecule has 8 bridgehead atoms. The molecule has 0 N–H and O–H groups in total. The van der Waals surface area contributed by atoms with Crippen molar-refractivity contribution in [2.45, 2.75) is 323 Å². The zero-order valence-corrected chi connectivity index (χ0v) is 57.0. The minimum absolute atomic E-state index is 0.747. The molecule has 0 atom stereocenters.